The highest BCUT2D eigenvalue weighted by molar-refractivity contribution is 5.82. The molecule has 1 fully saturated rings. The Labute approximate surface area is 130 Å². The van der Waals surface area contributed by atoms with Crippen molar-refractivity contribution in [2.45, 2.75) is 78.9 Å². The fraction of sp³-hybridized carbons (Fsp3) is 0.941. The van der Waals surface area contributed by atoms with E-state index >= 15 is 0 Å². The summed E-state index contributed by atoms with van der Waals surface area (Å²) in [5.74, 6) is 0.230. The average molecular weight is 298 g/mol. The molecule has 1 heterocycles. The predicted octanol–water partition coefficient (Wildman–Crippen LogP) is 2.50. The molecule has 0 aromatic carbocycles. The maximum atomic E-state index is 12.8. The average Bonchev–Trinajstić information content (AvgIpc) is 2.45. The second kappa shape index (κ2) is 7.59. The first-order chi connectivity index (χ1) is 9.78. The van der Waals surface area contributed by atoms with E-state index in [0.717, 1.165) is 32.4 Å². The molecule has 1 N–H and O–H groups in total. The van der Waals surface area contributed by atoms with Crippen molar-refractivity contribution in [1.82, 2.24) is 9.80 Å². The van der Waals surface area contributed by atoms with Gasteiger partial charge >= 0.3 is 0 Å². The van der Waals surface area contributed by atoms with E-state index in [9.17, 15) is 9.90 Å². The van der Waals surface area contributed by atoms with Gasteiger partial charge in [0.1, 0.15) is 0 Å². The summed E-state index contributed by atoms with van der Waals surface area (Å²) in [6, 6.07) is 0.400. The van der Waals surface area contributed by atoms with Crippen LogP contribution in [0.5, 0.6) is 0 Å². The third-order valence-electron chi connectivity index (χ3n) is 5.22. The van der Waals surface area contributed by atoms with Crippen LogP contribution in [0.4, 0.5) is 0 Å². The van der Waals surface area contributed by atoms with Crippen molar-refractivity contribution in [2.24, 2.45) is 5.41 Å². The normalized spacial score (nSPS) is 20.8. The number of amides is 1. The van der Waals surface area contributed by atoms with Crippen LogP contribution >= 0.6 is 0 Å². The van der Waals surface area contributed by atoms with Gasteiger partial charge in [0.15, 0.2) is 0 Å². The van der Waals surface area contributed by atoms with E-state index < -0.39 is 0 Å². The molecule has 0 radical (unpaired) electrons. The highest BCUT2D eigenvalue weighted by Crippen LogP contribution is 2.35. The molecule has 4 nitrogen and oxygen atoms in total. The maximum absolute atomic E-state index is 12.8. The van der Waals surface area contributed by atoms with Gasteiger partial charge in [0.2, 0.25) is 5.91 Å². The smallest absolute Gasteiger partial charge is 0.240 e. The highest BCUT2D eigenvalue weighted by atomic mass is 16.3. The van der Waals surface area contributed by atoms with Gasteiger partial charge in [-0.3, -0.25) is 9.69 Å². The van der Waals surface area contributed by atoms with Gasteiger partial charge in [0.25, 0.3) is 0 Å². The summed E-state index contributed by atoms with van der Waals surface area (Å²) in [4.78, 5) is 17.0. The van der Waals surface area contributed by atoms with E-state index in [1.165, 1.54) is 0 Å². The number of carbonyl (C=O) groups excluding carboxylic acids is 1. The number of rotatable bonds is 6. The fourth-order valence-corrected chi connectivity index (χ4v) is 3.49. The number of carbonyl (C=O) groups is 1. The van der Waals surface area contributed by atoms with Crippen LogP contribution in [-0.2, 0) is 4.79 Å². The first kappa shape index (κ1) is 18.4. The Morgan fingerprint density at radius 1 is 1.14 bits per heavy atom. The Kier molecular flexibility index (Phi) is 6.67. The standard InChI is InChI=1S/C17H34N2O2/c1-7-17(12-20)8-10-18(11-9-17)15(6)16(21)19(13(2)3)14(4)5/h13-15,20H,7-12H2,1-6H3. The molecule has 1 amide bonds. The molecule has 21 heavy (non-hydrogen) atoms. The largest absolute Gasteiger partial charge is 0.396 e. The molecule has 1 aliphatic heterocycles. The van der Waals surface area contributed by atoms with Crippen LogP contribution in [0.15, 0.2) is 0 Å². The number of piperidine rings is 1. The molecule has 1 aliphatic rings. The topological polar surface area (TPSA) is 43.8 Å². The molecule has 1 rings (SSSR count). The fourth-order valence-electron chi connectivity index (χ4n) is 3.49. The molecule has 1 unspecified atom stereocenters. The molecule has 0 saturated carbocycles. The van der Waals surface area contributed by atoms with Gasteiger partial charge in [-0.05, 0) is 72.4 Å². The summed E-state index contributed by atoms with van der Waals surface area (Å²) >= 11 is 0. The van der Waals surface area contributed by atoms with Gasteiger partial charge < -0.3 is 10.0 Å². The van der Waals surface area contributed by atoms with Crippen LogP contribution in [0.25, 0.3) is 0 Å². The van der Waals surface area contributed by atoms with E-state index in [0.29, 0.717) is 0 Å². The number of nitrogens with zero attached hydrogens (tertiary/aromatic N) is 2. The Balaban J connectivity index is 2.68. The monoisotopic (exact) mass is 298 g/mol. The summed E-state index contributed by atoms with van der Waals surface area (Å²) in [5.41, 5.74) is 0.0784. The molecule has 0 bridgehead atoms. The lowest BCUT2D eigenvalue weighted by Crippen LogP contribution is -2.54. The second-order valence-corrected chi connectivity index (χ2v) is 7.16. The Morgan fingerprint density at radius 2 is 1.62 bits per heavy atom. The van der Waals surface area contributed by atoms with Crippen molar-refractivity contribution in [3.8, 4) is 0 Å². The molecule has 124 valence electrons. The molecule has 0 aromatic heterocycles. The van der Waals surface area contributed by atoms with Gasteiger partial charge in [-0.25, -0.2) is 0 Å². The molecule has 1 saturated heterocycles. The Bertz CT molecular complexity index is 320. The summed E-state index contributed by atoms with van der Waals surface area (Å²) in [6.45, 7) is 14.6. The number of aliphatic hydroxyl groups is 1. The van der Waals surface area contributed by atoms with Crippen molar-refractivity contribution < 1.29 is 9.90 Å². The van der Waals surface area contributed by atoms with E-state index in [1.54, 1.807) is 0 Å². The van der Waals surface area contributed by atoms with Crippen LogP contribution in [-0.4, -0.2) is 58.6 Å². The third-order valence-corrected chi connectivity index (χ3v) is 5.22. The van der Waals surface area contributed by atoms with Crippen LogP contribution < -0.4 is 0 Å². The third kappa shape index (κ3) is 4.19. The quantitative estimate of drug-likeness (QED) is 0.819. The van der Waals surface area contributed by atoms with Gasteiger partial charge in [-0.1, -0.05) is 6.92 Å². The van der Waals surface area contributed by atoms with Crippen molar-refractivity contribution in [1.29, 1.82) is 0 Å². The SMILES string of the molecule is CCC1(CO)CCN(C(C)C(=O)N(C(C)C)C(C)C)CC1. The number of likely N-dealkylation sites (tertiary alicyclic amines) is 1. The first-order valence-corrected chi connectivity index (χ1v) is 8.45. The summed E-state index contributed by atoms with van der Waals surface area (Å²) in [5, 5.41) is 9.62. The minimum absolute atomic E-state index is 0.0663. The molecular formula is C17H34N2O2. The van der Waals surface area contributed by atoms with Crippen molar-refractivity contribution in [3.05, 3.63) is 0 Å². The van der Waals surface area contributed by atoms with E-state index in [1.807, 2.05) is 11.8 Å². The lowest BCUT2D eigenvalue weighted by Gasteiger charge is -2.44. The molecule has 1 atom stereocenters. The zero-order valence-electron chi connectivity index (χ0n) is 14.7. The molecule has 0 aliphatic carbocycles. The van der Waals surface area contributed by atoms with Crippen molar-refractivity contribution in [2.75, 3.05) is 19.7 Å². The van der Waals surface area contributed by atoms with Gasteiger partial charge in [0, 0.05) is 18.7 Å². The highest BCUT2D eigenvalue weighted by Gasteiger charge is 2.36. The predicted molar refractivity (Wildman–Crippen MR) is 87.2 cm³/mol. The summed E-state index contributed by atoms with van der Waals surface area (Å²) in [7, 11) is 0. The Hall–Kier alpha value is -0.610. The van der Waals surface area contributed by atoms with Crippen molar-refractivity contribution in [3.63, 3.8) is 0 Å². The molecule has 0 spiro atoms. The van der Waals surface area contributed by atoms with Crippen molar-refractivity contribution >= 4 is 5.91 Å². The number of hydrogen-bond donors (Lipinski definition) is 1. The van der Waals surface area contributed by atoms with Crippen LogP contribution in [0.1, 0.15) is 60.8 Å². The second-order valence-electron chi connectivity index (χ2n) is 7.16. The van der Waals surface area contributed by atoms with Gasteiger partial charge in [0.05, 0.1) is 6.04 Å². The number of aliphatic hydroxyl groups excluding tert-OH is 1. The minimum Gasteiger partial charge on any atom is -0.396 e. The van der Waals surface area contributed by atoms with Gasteiger partial charge in [-0.2, -0.15) is 0 Å². The van der Waals surface area contributed by atoms with E-state index in [4.69, 9.17) is 0 Å². The lowest BCUT2D eigenvalue weighted by atomic mass is 9.76. The van der Waals surface area contributed by atoms with Crippen LogP contribution in [0, 0.1) is 5.41 Å². The van der Waals surface area contributed by atoms with Crippen LogP contribution in [0.3, 0.4) is 0 Å². The zero-order valence-corrected chi connectivity index (χ0v) is 14.7. The van der Waals surface area contributed by atoms with E-state index in [-0.39, 0.29) is 36.1 Å². The summed E-state index contributed by atoms with van der Waals surface area (Å²) in [6.07, 6.45) is 2.99. The first-order valence-electron chi connectivity index (χ1n) is 8.45. The van der Waals surface area contributed by atoms with E-state index in [2.05, 4.69) is 39.5 Å². The Morgan fingerprint density at radius 3 is 1.95 bits per heavy atom. The lowest BCUT2D eigenvalue weighted by molar-refractivity contribution is -0.141. The maximum Gasteiger partial charge on any atom is 0.240 e. The minimum atomic E-state index is -0.0663. The molecular weight excluding hydrogens is 264 g/mol. The van der Waals surface area contributed by atoms with Gasteiger partial charge in [-0.15, -0.1) is 0 Å². The summed E-state index contributed by atoms with van der Waals surface area (Å²) < 4.78 is 0. The number of hydrogen-bond acceptors (Lipinski definition) is 3. The zero-order chi connectivity index (χ0) is 16.2. The molecule has 0 aromatic rings. The van der Waals surface area contributed by atoms with Crippen LogP contribution in [0.2, 0.25) is 0 Å². The molecule has 4 heteroatoms.